The van der Waals surface area contributed by atoms with Crippen LogP contribution in [0.15, 0.2) is 21.5 Å². The lowest BCUT2D eigenvalue weighted by Crippen LogP contribution is -2.62. The summed E-state index contributed by atoms with van der Waals surface area (Å²) in [6.45, 7) is 10.8. The average molecular weight is 453 g/mol. The summed E-state index contributed by atoms with van der Waals surface area (Å²) in [4.78, 5) is 39.8. The first-order valence-corrected chi connectivity index (χ1v) is 11.2. The van der Waals surface area contributed by atoms with Crippen molar-refractivity contribution < 1.29 is 28.2 Å². The molecule has 0 saturated carbocycles. The van der Waals surface area contributed by atoms with Crippen LogP contribution in [0.2, 0.25) is 0 Å². The lowest BCUT2D eigenvalue weighted by Gasteiger charge is -2.45. The predicted molar refractivity (Wildman–Crippen MR) is 119 cm³/mol. The van der Waals surface area contributed by atoms with Crippen molar-refractivity contribution in [2.24, 2.45) is 0 Å². The highest BCUT2D eigenvalue weighted by Crippen LogP contribution is 2.29. The quantitative estimate of drug-likeness (QED) is 0.573. The zero-order valence-corrected chi connectivity index (χ0v) is 19.8. The van der Waals surface area contributed by atoms with E-state index in [1.807, 2.05) is 13.8 Å². The minimum atomic E-state index is -0.809. The van der Waals surface area contributed by atoms with Crippen molar-refractivity contribution in [3.05, 3.63) is 28.3 Å². The van der Waals surface area contributed by atoms with Crippen molar-refractivity contribution in [3.8, 4) is 5.75 Å². The number of hydrogen-bond donors (Lipinski definition) is 1. The van der Waals surface area contributed by atoms with Crippen LogP contribution in [0.25, 0.3) is 0 Å². The van der Waals surface area contributed by atoms with E-state index in [9.17, 15) is 14.4 Å². The van der Waals surface area contributed by atoms with Gasteiger partial charge in [-0.1, -0.05) is 13.3 Å². The van der Waals surface area contributed by atoms with Gasteiger partial charge in [0.15, 0.2) is 0 Å². The van der Waals surface area contributed by atoms with Gasteiger partial charge in [-0.15, -0.1) is 0 Å². The molecule has 0 aliphatic carbocycles. The molecule has 0 aromatic carbocycles. The minimum Gasteiger partial charge on any atom is -0.486 e. The molecule has 0 radical (unpaired) electrons. The van der Waals surface area contributed by atoms with Gasteiger partial charge in [0.2, 0.25) is 16.9 Å². The number of carbonyl (C=O) groups excluding carboxylic acids is 2. The number of nitrogens with one attached hydrogen (secondary N) is 1. The fourth-order valence-electron chi connectivity index (χ4n) is 3.66. The molecular weight excluding hydrogens is 416 g/mol. The van der Waals surface area contributed by atoms with Crippen LogP contribution < -0.4 is 15.5 Å². The maximum atomic E-state index is 13.6. The summed E-state index contributed by atoms with van der Waals surface area (Å²) in [5.41, 5.74) is -1.86. The van der Waals surface area contributed by atoms with Gasteiger partial charge in [0.1, 0.15) is 5.60 Å². The van der Waals surface area contributed by atoms with E-state index in [1.165, 1.54) is 12.3 Å². The number of nitrogens with zero attached hydrogens (tertiary/aromatic N) is 1. The van der Waals surface area contributed by atoms with Crippen LogP contribution in [0, 0.1) is 0 Å². The van der Waals surface area contributed by atoms with E-state index < -0.39 is 28.6 Å². The molecule has 1 aliphatic heterocycles. The van der Waals surface area contributed by atoms with Crippen LogP contribution in [-0.2, 0) is 9.47 Å². The lowest BCUT2D eigenvalue weighted by molar-refractivity contribution is -0.0388. The molecule has 1 aromatic rings. The van der Waals surface area contributed by atoms with E-state index in [0.29, 0.717) is 26.2 Å². The average Bonchev–Trinajstić information content (AvgIpc) is 2.73. The molecule has 1 N–H and O–H groups in total. The first-order valence-electron chi connectivity index (χ1n) is 11.2. The van der Waals surface area contributed by atoms with E-state index in [4.69, 9.17) is 18.6 Å². The summed E-state index contributed by atoms with van der Waals surface area (Å²) in [7, 11) is 0. The second-order valence-corrected chi connectivity index (χ2v) is 8.93. The third-order valence-corrected chi connectivity index (χ3v) is 5.17. The van der Waals surface area contributed by atoms with E-state index in [0.717, 1.165) is 19.3 Å². The Morgan fingerprint density at radius 1 is 1.28 bits per heavy atom. The van der Waals surface area contributed by atoms with E-state index in [-0.39, 0.29) is 24.7 Å². The van der Waals surface area contributed by atoms with Crippen LogP contribution in [0.4, 0.5) is 4.79 Å². The molecule has 1 fully saturated rings. The highest BCUT2D eigenvalue weighted by atomic mass is 16.6. The van der Waals surface area contributed by atoms with E-state index in [2.05, 4.69) is 5.32 Å². The summed E-state index contributed by atoms with van der Waals surface area (Å²) in [5, 5.41) is 2.78. The van der Waals surface area contributed by atoms with Gasteiger partial charge in [0.05, 0.1) is 25.0 Å². The summed E-state index contributed by atoms with van der Waals surface area (Å²) in [5.74, 6) is -0.706. The zero-order chi connectivity index (χ0) is 23.8. The number of unbranched alkanes of at least 4 members (excludes halogenated alkanes) is 1. The molecule has 180 valence electrons. The maximum Gasteiger partial charge on any atom is 0.407 e. The third kappa shape index (κ3) is 6.72. The number of rotatable bonds is 9. The second kappa shape index (κ2) is 11.4. The van der Waals surface area contributed by atoms with Gasteiger partial charge in [0.25, 0.3) is 5.91 Å². The molecule has 32 heavy (non-hydrogen) atoms. The minimum absolute atomic E-state index is 0.0867. The molecule has 1 aliphatic rings. The second-order valence-electron chi connectivity index (χ2n) is 8.93. The number of likely N-dealkylation sites (N-methyl/N-ethyl adjacent to an activating group) is 1. The van der Waals surface area contributed by atoms with Gasteiger partial charge in [-0.2, -0.15) is 0 Å². The summed E-state index contributed by atoms with van der Waals surface area (Å²) in [6.07, 6.45) is 3.60. The first kappa shape index (κ1) is 25.7. The van der Waals surface area contributed by atoms with Gasteiger partial charge in [-0.25, -0.2) is 4.79 Å². The van der Waals surface area contributed by atoms with Crippen LogP contribution in [0.1, 0.15) is 70.9 Å². The van der Waals surface area contributed by atoms with Crippen LogP contribution in [-0.4, -0.2) is 61.0 Å². The Labute approximate surface area is 189 Å². The Kier molecular flexibility index (Phi) is 9.12. The molecule has 2 amide bonds. The molecule has 2 rings (SSSR count). The number of ether oxygens (including phenoxy) is 3. The summed E-state index contributed by atoms with van der Waals surface area (Å²) in [6, 6.07) is 1.23. The normalized spacial score (nSPS) is 18.7. The van der Waals surface area contributed by atoms with Crippen molar-refractivity contribution in [2.75, 3.05) is 32.9 Å². The number of alkyl carbamates (subject to hydrolysis) is 1. The van der Waals surface area contributed by atoms with Crippen molar-refractivity contribution in [1.29, 1.82) is 0 Å². The molecule has 0 bridgehead atoms. The van der Waals surface area contributed by atoms with Gasteiger partial charge < -0.3 is 28.8 Å². The van der Waals surface area contributed by atoms with Crippen molar-refractivity contribution in [3.63, 3.8) is 0 Å². The standard InChI is InChI=1S/C23H36N2O7/c1-6-8-13-30-18-17(26)10-14-31-19(18)20(27)25(7-2)23(11-9-12-29-16-23)15-24-21(28)32-22(3,4)5/h10,14H,6-9,11-13,15-16H2,1-5H3,(H,24,28). The smallest absolute Gasteiger partial charge is 0.407 e. The molecule has 9 nitrogen and oxygen atoms in total. The predicted octanol–water partition coefficient (Wildman–Crippen LogP) is 3.35. The Morgan fingerprint density at radius 2 is 2.03 bits per heavy atom. The fourth-order valence-corrected chi connectivity index (χ4v) is 3.66. The number of amides is 2. The SMILES string of the molecule is CCCCOc1c(C(=O)N(CC)C2(CNC(=O)OC(C)(C)C)CCCOC2)occc1=O. The highest BCUT2D eigenvalue weighted by Gasteiger charge is 2.43. The highest BCUT2D eigenvalue weighted by molar-refractivity contribution is 5.94. The van der Waals surface area contributed by atoms with Crippen molar-refractivity contribution >= 4 is 12.0 Å². The lowest BCUT2D eigenvalue weighted by atomic mass is 9.89. The topological polar surface area (TPSA) is 107 Å². The van der Waals surface area contributed by atoms with Gasteiger partial charge in [0, 0.05) is 25.8 Å². The number of hydrogen-bond acceptors (Lipinski definition) is 7. The summed E-state index contributed by atoms with van der Waals surface area (Å²) >= 11 is 0. The molecule has 2 heterocycles. The Morgan fingerprint density at radius 3 is 2.62 bits per heavy atom. The van der Waals surface area contributed by atoms with Gasteiger partial charge in [-0.05, 0) is 47.0 Å². The number of carbonyl (C=O) groups is 2. The van der Waals surface area contributed by atoms with Gasteiger partial charge in [-0.3, -0.25) is 9.59 Å². The largest absolute Gasteiger partial charge is 0.486 e. The van der Waals surface area contributed by atoms with Crippen LogP contribution in [0.3, 0.4) is 0 Å². The molecule has 1 unspecified atom stereocenters. The van der Waals surface area contributed by atoms with E-state index >= 15 is 0 Å². The van der Waals surface area contributed by atoms with Crippen LogP contribution >= 0.6 is 0 Å². The molecular formula is C23H36N2O7. The summed E-state index contributed by atoms with van der Waals surface area (Å²) < 4.78 is 22.2. The van der Waals surface area contributed by atoms with Crippen LogP contribution in [0.5, 0.6) is 5.75 Å². The molecule has 0 spiro atoms. The monoisotopic (exact) mass is 452 g/mol. The molecule has 1 aromatic heterocycles. The Balaban J connectivity index is 2.31. The van der Waals surface area contributed by atoms with Gasteiger partial charge >= 0.3 is 6.09 Å². The molecule has 1 atom stereocenters. The first-order chi connectivity index (χ1) is 15.1. The zero-order valence-electron chi connectivity index (χ0n) is 19.8. The Hall–Kier alpha value is -2.55. The molecule has 9 heteroatoms. The van der Waals surface area contributed by atoms with E-state index in [1.54, 1.807) is 25.7 Å². The third-order valence-electron chi connectivity index (χ3n) is 5.17. The maximum absolute atomic E-state index is 13.6. The van der Waals surface area contributed by atoms with Crippen molar-refractivity contribution in [1.82, 2.24) is 10.2 Å². The fraction of sp³-hybridized carbons (Fsp3) is 0.696. The van der Waals surface area contributed by atoms with Crippen molar-refractivity contribution in [2.45, 2.75) is 71.4 Å². The Bertz CT molecular complexity index is 822. The molecule has 1 saturated heterocycles.